The van der Waals surface area contributed by atoms with Crippen molar-refractivity contribution < 1.29 is 14.3 Å². The maximum absolute atomic E-state index is 11.9. The van der Waals surface area contributed by atoms with Crippen LogP contribution < -0.4 is 4.74 Å². The first-order valence-electron chi connectivity index (χ1n) is 8.12. The van der Waals surface area contributed by atoms with Gasteiger partial charge in [-0.2, -0.15) is 5.10 Å². The van der Waals surface area contributed by atoms with Gasteiger partial charge in [-0.1, -0.05) is 41.9 Å². The Balaban J connectivity index is 1.92. The Kier molecular flexibility index (Phi) is 5.58. The number of methoxy groups -OCH3 is 2. The fraction of sp³-hybridized carbons (Fsp3) is 0.200. The number of hydrogen-bond acceptors (Lipinski definition) is 4. The number of hydrogen-bond donors (Lipinski definition) is 0. The van der Waals surface area contributed by atoms with Crippen LogP contribution in [0.5, 0.6) is 5.75 Å². The molecule has 0 aliphatic carbocycles. The molecule has 0 amide bonds. The number of carbonyl (C=O) groups excluding carboxylic acids is 1. The van der Waals surface area contributed by atoms with E-state index >= 15 is 0 Å². The minimum atomic E-state index is -0.459. The molecule has 0 bridgehead atoms. The Bertz CT molecular complexity index is 904. The number of carbonyl (C=O) groups is 1. The summed E-state index contributed by atoms with van der Waals surface area (Å²) in [4.78, 5) is 11.9. The number of benzene rings is 2. The molecule has 3 rings (SSSR count). The third kappa shape index (κ3) is 4.06. The van der Waals surface area contributed by atoms with Crippen LogP contribution in [-0.4, -0.2) is 30.0 Å². The fourth-order valence-electron chi connectivity index (χ4n) is 2.68. The largest absolute Gasteiger partial charge is 0.497 e. The molecule has 0 radical (unpaired) electrons. The van der Waals surface area contributed by atoms with Gasteiger partial charge in [0.1, 0.15) is 5.75 Å². The van der Waals surface area contributed by atoms with Crippen LogP contribution in [0, 0.1) is 0 Å². The van der Waals surface area contributed by atoms with Crippen molar-refractivity contribution in [3.8, 4) is 5.75 Å². The molecule has 5 nitrogen and oxygen atoms in total. The maximum atomic E-state index is 11.9. The second-order valence-corrected chi connectivity index (χ2v) is 6.19. The zero-order chi connectivity index (χ0) is 18.5. The summed E-state index contributed by atoms with van der Waals surface area (Å²) in [6.07, 6.45) is 0.623. The average molecular weight is 371 g/mol. The Morgan fingerprint density at radius 2 is 1.85 bits per heavy atom. The summed E-state index contributed by atoms with van der Waals surface area (Å²) < 4.78 is 11.8. The topological polar surface area (TPSA) is 53.4 Å². The summed E-state index contributed by atoms with van der Waals surface area (Å²) in [6, 6.07) is 17.1. The number of rotatable bonds is 6. The first-order chi connectivity index (χ1) is 12.6. The molecule has 3 aromatic rings. The van der Waals surface area contributed by atoms with Crippen molar-refractivity contribution in [1.29, 1.82) is 0 Å². The summed E-state index contributed by atoms with van der Waals surface area (Å²) in [7, 11) is 2.98. The van der Waals surface area contributed by atoms with Crippen molar-refractivity contribution in [2.24, 2.45) is 0 Å². The molecule has 0 unspecified atom stereocenters. The van der Waals surface area contributed by atoms with E-state index in [0.29, 0.717) is 18.0 Å². The maximum Gasteiger partial charge on any atom is 0.358 e. The van der Waals surface area contributed by atoms with Gasteiger partial charge in [0.2, 0.25) is 0 Å². The van der Waals surface area contributed by atoms with E-state index in [9.17, 15) is 4.79 Å². The van der Waals surface area contributed by atoms with Crippen LogP contribution >= 0.6 is 11.6 Å². The smallest absolute Gasteiger partial charge is 0.358 e. The van der Waals surface area contributed by atoms with Gasteiger partial charge in [-0.25, -0.2) is 4.79 Å². The van der Waals surface area contributed by atoms with Crippen molar-refractivity contribution >= 4 is 17.6 Å². The van der Waals surface area contributed by atoms with Gasteiger partial charge in [-0.15, -0.1) is 0 Å². The quantitative estimate of drug-likeness (QED) is 0.616. The fourth-order valence-corrected chi connectivity index (χ4v) is 2.87. The van der Waals surface area contributed by atoms with Crippen LogP contribution in [0.3, 0.4) is 0 Å². The molecule has 1 aromatic heterocycles. The standard InChI is InChI=1S/C20H19ClN2O3/c1-25-17-9-7-14(8-10-17)11-16-12-19(20(24)26-2)22-23(16)13-15-5-3-4-6-18(15)21/h3-10,12H,11,13H2,1-2H3. The normalized spacial score (nSPS) is 10.6. The summed E-state index contributed by atoms with van der Waals surface area (Å²) in [5.41, 5.74) is 3.20. The predicted molar refractivity (Wildman–Crippen MR) is 99.9 cm³/mol. The van der Waals surface area contributed by atoms with Crippen molar-refractivity contribution in [3.05, 3.63) is 82.1 Å². The highest BCUT2D eigenvalue weighted by Gasteiger charge is 2.16. The molecular weight excluding hydrogens is 352 g/mol. The van der Waals surface area contributed by atoms with Crippen molar-refractivity contribution in [2.75, 3.05) is 14.2 Å². The van der Waals surface area contributed by atoms with E-state index in [1.165, 1.54) is 7.11 Å². The van der Waals surface area contributed by atoms with Gasteiger partial charge in [0.15, 0.2) is 5.69 Å². The van der Waals surface area contributed by atoms with Gasteiger partial charge in [-0.3, -0.25) is 4.68 Å². The molecule has 0 N–H and O–H groups in total. The lowest BCUT2D eigenvalue weighted by Crippen LogP contribution is -2.09. The average Bonchev–Trinajstić information content (AvgIpc) is 3.06. The summed E-state index contributed by atoms with van der Waals surface area (Å²) >= 11 is 6.27. The van der Waals surface area contributed by atoms with Gasteiger partial charge in [0.25, 0.3) is 0 Å². The molecule has 1 heterocycles. The van der Waals surface area contributed by atoms with E-state index < -0.39 is 5.97 Å². The third-order valence-electron chi connectivity index (χ3n) is 4.08. The van der Waals surface area contributed by atoms with E-state index in [4.69, 9.17) is 21.1 Å². The van der Waals surface area contributed by atoms with Gasteiger partial charge in [-0.05, 0) is 35.4 Å². The first-order valence-corrected chi connectivity index (χ1v) is 8.50. The molecule has 2 aromatic carbocycles. The van der Waals surface area contributed by atoms with E-state index in [-0.39, 0.29) is 5.69 Å². The first kappa shape index (κ1) is 18.0. The number of aromatic nitrogens is 2. The molecule has 0 fully saturated rings. The number of ether oxygens (including phenoxy) is 2. The molecule has 6 heteroatoms. The highest BCUT2D eigenvalue weighted by atomic mass is 35.5. The van der Waals surface area contributed by atoms with E-state index in [2.05, 4.69) is 5.10 Å². The number of esters is 1. The van der Waals surface area contributed by atoms with Crippen LogP contribution in [0.15, 0.2) is 54.6 Å². The van der Waals surface area contributed by atoms with E-state index in [1.54, 1.807) is 17.9 Å². The van der Waals surface area contributed by atoms with E-state index in [0.717, 1.165) is 22.6 Å². The molecule has 0 atom stereocenters. The van der Waals surface area contributed by atoms with Gasteiger partial charge < -0.3 is 9.47 Å². The minimum absolute atomic E-state index is 0.281. The molecule has 0 saturated heterocycles. The predicted octanol–water partition coefficient (Wildman–Crippen LogP) is 3.97. The Labute approximate surface area is 157 Å². The monoisotopic (exact) mass is 370 g/mol. The van der Waals surface area contributed by atoms with Gasteiger partial charge in [0, 0.05) is 17.1 Å². The number of nitrogens with zero attached hydrogens (tertiary/aromatic N) is 2. The number of halogens is 1. The molecule has 0 aliphatic heterocycles. The molecule has 0 aliphatic rings. The zero-order valence-electron chi connectivity index (χ0n) is 14.6. The second kappa shape index (κ2) is 8.06. The Morgan fingerprint density at radius 1 is 1.12 bits per heavy atom. The highest BCUT2D eigenvalue weighted by molar-refractivity contribution is 6.31. The summed E-state index contributed by atoms with van der Waals surface area (Å²) in [5, 5.41) is 5.07. The van der Waals surface area contributed by atoms with Gasteiger partial charge in [0.05, 0.1) is 20.8 Å². The van der Waals surface area contributed by atoms with Crippen molar-refractivity contribution in [2.45, 2.75) is 13.0 Å². The lowest BCUT2D eigenvalue weighted by atomic mass is 10.1. The van der Waals surface area contributed by atoms with E-state index in [1.807, 2.05) is 48.5 Å². The zero-order valence-corrected chi connectivity index (χ0v) is 15.4. The van der Waals surface area contributed by atoms with Crippen LogP contribution in [-0.2, 0) is 17.7 Å². The second-order valence-electron chi connectivity index (χ2n) is 5.79. The lowest BCUT2D eigenvalue weighted by Gasteiger charge is -2.09. The Morgan fingerprint density at radius 3 is 2.50 bits per heavy atom. The third-order valence-corrected chi connectivity index (χ3v) is 4.45. The summed E-state index contributed by atoms with van der Waals surface area (Å²) in [5.74, 6) is 0.340. The van der Waals surface area contributed by atoms with Gasteiger partial charge >= 0.3 is 5.97 Å². The lowest BCUT2D eigenvalue weighted by molar-refractivity contribution is 0.0593. The van der Waals surface area contributed by atoms with Crippen LogP contribution in [0.2, 0.25) is 5.02 Å². The van der Waals surface area contributed by atoms with Crippen LogP contribution in [0.25, 0.3) is 0 Å². The molecule has 134 valence electrons. The molecule has 0 spiro atoms. The van der Waals surface area contributed by atoms with Crippen LogP contribution in [0.1, 0.15) is 27.3 Å². The molecule has 26 heavy (non-hydrogen) atoms. The minimum Gasteiger partial charge on any atom is -0.497 e. The van der Waals surface area contributed by atoms with Crippen molar-refractivity contribution in [1.82, 2.24) is 9.78 Å². The molecular formula is C20H19ClN2O3. The highest BCUT2D eigenvalue weighted by Crippen LogP contribution is 2.20. The van der Waals surface area contributed by atoms with Crippen LogP contribution in [0.4, 0.5) is 0 Å². The molecule has 0 saturated carbocycles. The van der Waals surface area contributed by atoms with Crippen molar-refractivity contribution in [3.63, 3.8) is 0 Å². The Hall–Kier alpha value is -2.79. The SMILES string of the molecule is COC(=O)c1cc(Cc2ccc(OC)cc2)n(Cc2ccccc2Cl)n1. The summed E-state index contributed by atoms with van der Waals surface area (Å²) in [6.45, 7) is 0.474.